The minimum Gasteiger partial charge on any atom is -0.391 e. The SMILES string of the molecule is O=S(=O)(NCC1CCCO1)c1cc(CO)sc1Br. The predicted octanol–water partition coefficient (Wildman–Crippen LogP) is 1.46. The van der Waals surface area contributed by atoms with E-state index in [1.54, 1.807) is 0 Å². The van der Waals surface area contributed by atoms with Gasteiger partial charge in [-0.25, -0.2) is 13.1 Å². The summed E-state index contributed by atoms with van der Waals surface area (Å²) in [6, 6.07) is 1.48. The smallest absolute Gasteiger partial charge is 0.242 e. The summed E-state index contributed by atoms with van der Waals surface area (Å²) in [5.41, 5.74) is 0. The molecule has 102 valence electrons. The molecule has 0 saturated carbocycles. The Morgan fingerprint density at radius 1 is 1.61 bits per heavy atom. The van der Waals surface area contributed by atoms with Crippen molar-refractivity contribution in [1.82, 2.24) is 4.72 Å². The number of hydrogen-bond acceptors (Lipinski definition) is 5. The molecule has 1 unspecified atom stereocenters. The van der Waals surface area contributed by atoms with E-state index in [0.717, 1.165) is 12.8 Å². The van der Waals surface area contributed by atoms with Gasteiger partial charge in [0.1, 0.15) is 4.90 Å². The van der Waals surface area contributed by atoms with Gasteiger partial charge in [-0.1, -0.05) is 0 Å². The lowest BCUT2D eigenvalue weighted by atomic mass is 10.2. The van der Waals surface area contributed by atoms with Crippen LogP contribution in [0.4, 0.5) is 0 Å². The van der Waals surface area contributed by atoms with Crippen molar-refractivity contribution >= 4 is 37.3 Å². The van der Waals surface area contributed by atoms with E-state index in [-0.39, 0.29) is 17.6 Å². The highest BCUT2D eigenvalue weighted by Gasteiger charge is 2.23. The molecule has 1 fully saturated rings. The zero-order chi connectivity index (χ0) is 13.2. The lowest BCUT2D eigenvalue weighted by Crippen LogP contribution is -2.31. The number of nitrogens with one attached hydrogen (secondary N) is 1. The topological polar surface area (TPSA) is 75.6 Å². The number of rotatable bonds is 5. The maximum absolute atomic E-state index is 12.1. The van der Waals surface area contributed by atoms with Crippen LogP contribution < -0.4 is 4.72 Å². The molecular weight excluding hydrogens is 342 g/mol. The summed E-state index contributed by atoms with van der Waals surface area (Å²) in [7, 11) is -3.55. The van der Waals surface area contributed by atoms with Crippen LogP contribution in [-0.2, 0) is 21.4 Å². The molecule has 0 aliphatic carbocycles. The Morgan fingerprint density at radius 2 is 2.39 bits per heavy atom. The number of hydrogen-bond donors (Lipinski definition) is 2. The van der Waals surface area contributed by atoms with Crippen LogP contribution in [0.5, 0.6) is 0 Å². The van der Waals surface area contributed by atoms with Crippen molar-refractivity contribution in [3.8, 4) is 0 Å². The fraction of sp³-hybridized carbons (Fsp3) is 0.600. The summed E-state index contributed by atoms with van der Waals surface area (Å²) >= 11 is 4.42. The zero-order valence-corrected chi connectivity index (χ0v) is 12.8. The normalized spacial score (nSPS) is 20.4. The molecule has 2 N–H and O–H groups in total. The van der Waals surface area contributed by atoms with Crippen LogP contribution in [-0.4, -0.2) is 32.8 Å². The van der Waals surface area contributed by atoms with Crippen LogP contribution in [0.1, 0.15) is 17.7 Å². The molecule has 0 bridgehead atoms. The van der Waals surface area contributed by atoms with Crippen molar-refractivity contribution in [2.45, 2.75) is 30.4 Å². The highest BCUT2D eigenvalue weighted by molar-refractivity contribution is 9.11. The summed E-state index contributed by atoms with van der Waals surface area (Å²) in [6.45, 7) is 0.826. The minimum atomic E-state index is -3.55. The van der Waals surface area contributed by atoms with Gasteiger partial charge in [0.25, 0.3) is 0 Å². The third-order valence-electron chi connectivity index (χ3n) is 2.68. The molecule has 2 heterocycles. The Kier molecular flexibility index (Phi) is 4.79. The Hall–Kier alpha value is 0.01000. The molecule has 0 radical (unpaired) electrons. The Morgan fingerprint density at radius 3 is 2.94 bits per heavy atom. The minimum absolute atomic E-state index is 0.0329. The van der Waals surface area contributed by atoms with E-state index >= 15 is 0 Å². The quantitative estimate of drug-likeness (QED) is 0.838. The number of ether oxygens (including phenoxy) is 1. The average molecular weight is 356 g/mol. The second-order valence-electron chi connectivity index (χ2n) is 4.00. The van der Waals surface area contributed by atoms with Crippen LogP contribution in [0.2, 0.25) is 0 Å². The van der Waals surface area contributed by atoms with E-state index in [2.05, 4.69) is 20.7 Å². The second-order valence-corrected chi connectivity index (χ2v) is 8.19. The third kappa shape index (κ3) is 3.31. The molecule has 5 nitrogen and oxygen atoms in total. The second kappa shape index (κ2) is 5.98. The molecule has 0 spiro atoms. The first-order valence-electron chi connectivity index (χ1n) is 5.53. The summed E-state index contributed by atoms with van der Waals surface area (Å²) in [5.74, 6) is 0. The lowest BCUT2D eigenvalue weighted by Gasteiger charge is -2.10. The summed E-state index contributed by atoms with van der Waals surface area (Å²) < 4.78 is 32.5. The van der Waals surface area contributed by atoms with Crippen molar-refractivity contribution in [2.75, 3.05) is 13.2 Å². The Balaban J connectivity index is 2.06. The largest absolute Gasteiger partial charge is 0.391 e. The maximum Gasteiger partial charge on any atom is 0.242 e. The van der Waals surface area contributed by atoms with Gasteiger partial charge >= 0.3 is 0 Å². The van der Waals surface area contributed by atoms with Crippen LogP contribution in [0, 0.1) is 0 Å². The number of aliphatic hydroxyl groups is 1. The summed E-state index contributed by atoms with van der Waals surface area (Å²) in [5, 5.41) is 9.00. The number of aliphatic hydroxyl groups excluding tert-OH is 1. The molecule has 1 aliphatic rings. The van der Waals surface area contributed by atoms with Crippen LogP contribution >= 0.6 is 27.3 Å². The van der Waals surface area contributed by atoms with Gasteiger partial charge in [0.05, 0.1) is 16.5 Å². The van der Waals surface area contributed by atoms with E-state index in [1.165, 1.54) is 17.4 Å². The molecule has 0 amide bonds. The fourth-order valence-electron chi connectivity index (χ4n) is 1.74. The first-order valence-corrected chi connectivity index (χ1v) is 8.62. The molecule has 1 aromatic rings. The van der Waals surface area contributed by atoms with Crippen molar-refractivity contribution in [2.24, 2.45) is 0 Å². The van der Waals surface area contributed by atoms with E-state index < -0.39 is 10.0 Å². The Bertz CT molecular complexity index is 508. The van der Waals surface area contributed by atoms with E-state index in [9.17, 15) is 8.42 Å². The number of sulfonamides is 1. The van der Waals surface area contributed by atoms with Gasteiger partial charge < -0.3 is 9.84 Å². The molecule has 18 heavy (non-hydrogen) atoms. The van der Waals surface area contributed by atoms with Crippen LogP contribution in [0.25, 0.3) is 0 Å². The van der Waals surface area contributed by atoms with Gasteiger partial charge in [-0.2, -0.15) is 0 Å². The third-order valence-corrected chi connectivity index (χ3v) is 6.34. The molecule has 2 rings (SSSR count). The van der Waals surface area contributed by atoms with Gasteiger partial charge in [0, 0.05) is 18.0 Å². The predicted molar refractivity (Wildman–Crippen MR) is 72.1 cm³/mol. The number of halogens is 1. The van der Waals surface area contributed by atoms with Gasteiger partial charge in [-0.15, -0.1) is 11.3 Å². The van der Waals surface area contributed by atoms with Crippen LogP contribution in [0.15, 0.2) is 14.7 Å². The van der Waals surface area contributed by atoms with Gasteiger partial charge in [0.15, 0.2) is 0 Å². The average Bonchev–Trinajstić information content (AvgIpc) is 2.95. The number of thiophene rings is 1. The molecular formula is C10H14BrNO4S2. The van der Waals surface area contributed by atoms with Crippen molar-refractivity contribution in [3.05, 3.63) is 14.7 Å². The van der Waals surface area contributed by atoms with Crippen LogP contribution in [0.3, 0.4) is 0 Å². The highest BCUT2D eigenvalue weighted by atomic mass is 79.9. The molecule has 1 aliphatic heterocycles. The summed E-state index contributed by atoms with van der Waals surface area (Å²) in [4.78, 5) is 0.786. The van der Waals surface area contributed by atoms with Crippen molar-refractivity contribution in [1.29, 1.82) is 0 Å². The maximum atomic E-state index is 12.1. The molecule has 1 saturated heterocycles. The first-order chi connectivity index (χ1) is 8.53. The lowest BCUT2D eigenvalue weighted by molar-refractivity contribution is 0.114. The highest BCUT2D eigenvalue weighted by Crippen LogP contribution is 2.31. The molecule has 1 atom stereocenters. The Labute approximate surface area is 118 Å². The van der Waals surface area contributed by atoms with Gasteiger partial charge in [-0.05, 0) is 34.8 Å². The molecule has 8 heteroatoms. The van der Waals surface area contributed by atoms with E-state index in [0.29, 0.717) is 21.8 Å². The van der Waals surface area contributed by atoms with Gasteiger partial charge in [-0.3, -0.25) is 0 Å². The molecule has 0 aromatic carbocycles. The molecule has 1 aromatic heterocycles. The van der Waals surface area contributed by atoms with E-state index in [1.807, 2.05) is 0 Å². The van der Waals surface area contributed by atoms with Crippen molar-refractivity contribution in [3.63, 3.8) is 0 Å². The van der Waals surface area contributed by atoms with Crippen molar-refractivity contribution < 1.29 is 18.3 Å². The standard InChI is InChI=1S/C10H14BrNO4S2/c11-10-9(4-8(6-13)17-10)18(14,15)12-5-7-2-1-3-16-7/h4,7,12-13H,1-3,5-6H2. The van der Waals surface area contributed by atoms with Gasteiger partial charge in [0.2, 0.25) is 10.0 Å². The monoisotopic (exact) mass is 355 g/mol. The first kappa shape index (κ1) is 14.4. The van der Waals surface area contributed by atoms with E-state index in [4.69, 9.17) is 9.84 Å². The zero-order valence-electron chi connectivity index (χ0n) is 9.56. The summed E-state index contributed by atoms with van der Waals surface area (Å²) in [6.07, 6.45) is 1.83. The fourth-order valence-corrected chi connectivity index (χ4v) is 5.35.